The van der Waals surface area contributed by atoms with Crippen LogP contribution in [0, 0.1) is 11.8 Å². The predicted octanol–water partition coefficient (Wildman–Crippen LogP) is -1.58. The van der Waals surface area contributed by atoms with E-state index in [4.69, 9.17) is 14.2 Å². The molecule has 8 atom stereocenters. The van der Waals surface area contributed by atoms with E-state index in [-0.39, 0.29) is 37.1 Å². The van der Waals surface area contributed by atoms with Gasteiger partial charge in [-0.2, -0.15) is 0 Å². The molecule has 7 unspecified atom stereocenters. The molecule has 4 aliphatic heterocycles. The monoisotopic (exact) mass is 553 g/mol. The summed E-state index contributed by atoms with van der Waals surface area (Å²) in [6.45, 7) is 9.47. The van der Waals surface area contributed by atoms with Crippen molar-refractivity contribution in [1.82, 2.24) is 36.4 Å². The Kier molecular flexibility index (Phi) is 10.8. The topological polar surface area (TPSA) is 132 Å². The lowest BCUT2D eigenvalue weighted by atomic mass is 9.74. The highest BCUT2D eigenvalue weighted by Gasteiger charge is 2.37. The average Bonchev–Trinajstić information content (AvgIpc) is 3.45. The van der Waals surface area contributed by atoms with Crippen molar-refractivity contribution in [1.29, 1.82) is 0 Å². The molecule has 12 nitrogen and oxygen atoms in total. The van der Waals surface area contributed by atoms with Gasteiger partial charge in [0, 0.05) is 32.6 Å². The molecule has 0 spiro atoms. The molecule has 1 aliphatic carbocycles. The zero-order valence-corrected chi connectivity index (χ0v) is 23.8. The van der Waals surface area contributed by atoms with Gasteiger partial charge in [0.05, 0.1) is 63.1 Å². The number of rotatable bonds is 12. The fourth-order valence-corrected chi connectivity index (χ4v) is 6.63. The number of hydrogen-bond acceptors (Lipinski definition) is 11. The summed E-state index contributed by atoms with van der Waals surface area (Å²) in [5.41, 5.74) is 0. The highest BCUT2D eigenvalue weighted by Crippen LogP contribution is 2.37. The van der Waals surface area contributed by atoms with Crippen molar-refractivity contribution >= 4 is 5.91 Å². The molecule has 0 aromatic carbocycles. The molecule has 12 heteroatoms. The van der Waals surface area contributed by atoms with E-state index >= 15 is 0 Å². The summed E-state index contributed by atoms with van der Waals surface area (Å²) in [6, 6.07) is -0.00454. The Bertz CT molecular complexity index is 771. The molecule has 6 N–H and O–H groups in total. The van der Waals surface area contributed by atoms with Crippen molar-refractivity contribution in [2.75, 3.05) is 72.9 Å². The highest BCUT2D eigenvalue weighted by molar-refractivity contribution is 5.82. The lowest BCUT2D eigenvalue weighted by Crippen LogP contribution is -2.71. The first-order valence-electron chi connectivity index (χ1n) is 15.1. The maximum Gasteiger partial charge on any atom is 0.237 e. The summed E-state index contributed by atoms with van der Waals surface area (Å²) < 4.78 is 17.1. The number of likely N-dealkylation sites (tertiary alicyclic amines) is 1. The number of nitrogens with zero attached hydrogens (tertiary/aromatic N) is 2. The van der Waals surface area contributed by atoms with Crippen LogP contribution in [-0.4, -0.2) is 137 Å². The van der Waals surface area contributed by atoms with Crippen molar-refractivity contribution in [2.24, 2.45) is 11.8 Å². The molecule has 0 aromatic rings. The van der Waals surface area contributed by atoms with Gasteiger partial charge in [0.2, 0.25) is 5.91 Å². The second-order valence-corrected chi connectivity index (χ2v) is 12.2. The van der Waals surface area contributed by atoms with Gasteiger partial charge in [0.1, 0.15) is 6.29 Å². The van der Waals surface area contributed by atoms with Gasteiger partial charge in [0.25, 0.3) is 0 Å². The van der Waals surface area contributed by atoms with Gasteiger partial charge in [-0.1, -0.05) is 6.92 Å². The smallest absolute Gasteiger partial charge is 0.237 e. The van der Waals surface area contributed by atoms with Crippen LogP contribution in [0.2, 0.25) is 0 Å². The number of hydrogen-bond donors (Lipinski definition) is 6. The second kappa shape index (κ2) is 14.3. The zero-order chi connectivity index (χ0) is 27.2. The van der Waals surface area contributed by atoms with Crippen molar-refractivity contribution in [2.45, 2.75) is 81.9 Å². The Morgan fingerprint density at radius 2 is 2.08 bits per heavy atom. The van der Waals surface area contributed by atoms with Crippen LogP contribution in [0.1, 0.15) is 39.0 Å². The Morgan fingerprint density at radius 3 is 2.82 bits per heavy atom. The normalized spacial score (nSPS) is 36.9. The summed E-state index contributed by atoms with van der Waals surface area (Å²) in [5.74, 6) is 1.31. The van der Waals surface area contributed by atoms with Crippen LogP contribution in [0.3, 0.4) is 0 Å². The fourth-order valence-electron chi connectivity index (χ4n) is 6.63. The van der Waals surface area contributed by atoms with E-state index in [2.05, 4.69) is 43.3 Å². The van der Waals surface area contributed by atoms with Gasteiger partial charge in [-0.05, 0) is 57.7 Å². The second-order valence-electron chi connectivity index (χ2n) is 12.2. The van der Waals surface area contributed by atoms with Gasteiger partial charge in [-0.3, -0.25) is 31.0 Å². The predicted molar refractivity (Wildman–Crippen MR) is 147 cm³/mol. The zero-order valence-electron chi connectivity index (χ0n) is 23.8. The molecular formula is C27H51N7O5. The van der Waals surface area contributed by atoms with E-state index in [0.717, 1.165) is 45.4 Å². The highest BCUT2D eigenvalue weighted by atomic mass is 16.5. The van der Waals surface area contributed by atoms with Crippen LogP contribution >= 0.6 is 0 Å². The molecule has 224 valence electrons. The summed E-state index contributed by atoms with van der Waals surface area (Å²) >= 11 is 0. The SMILES string of the molecule is CCN(C)C1NC(NC2COC2)CC(C(=O)NC[C@H](O)CN2CCC3CC(OCC4CNCO4)CCC3C2)N1. The molecule has 1 amide bonds. The molecular weight excluding hydrogens is 502 g/mol. The minimum Gasteiger partial charge on any atom is -0.390 e. The third kappa shape index (κ3) is 8.31. The van der Waals surface area contributed by atoms with Crippen LogP contribution in [0.4, 0.5) is 0 Å². The van der Waals surface area contributed by atoms with Gasteiger partial charge in [-0.15, -0.1) is 0 Å². The van der Waals surface area contributed by atoms with Gasteiger partial charge in [0.15, 0.2) is 0 Å². The van der Waals surface area contributed by atoms with Crippen LogP contribution in [-0.2, 0) is 19.0 Å². The average molecular weight is 554 g/mol. The van der Waals surface area contributed by atoms with Gasteiger partial charge < -0.3 is 29.5 Å². The van der Waals surface area contributed by atoms with Crippen molar-refractivity contribution in [3.63, 3.8) is 0 Å². The molecule has 5 rings (SSSR count). The molecule has 5 fully saturated rings. The number of ether oxygens (including phenoxy) is 3. The molecule has 5 aliphatic rings. The third-order valence-corrected chi connectivity index (χ3v) is 9.21. The number of amides is 1. The van der Waals surface area contributed by atoms with Crippen LogP contribution in [0.15, 0.2) is 0 Å². The van der Waals surface area contributed by atoms with E-state index in [1.165, 1.54) is 6.42 Å². The molecule has 0 aromatic heterocycles. The van der Waals surface area contributed by atoms with Crippen molar-refractivity contribution in [3.8, 4) is 0 Å². The minimum absolute atomic E-state index is 0.0228. The molecule has 39 heavy (non-hydrogen) atoms. The van der Waals surface area contributed by atoms with Crippen molar-refractivity contribution in [3.05, 3.63) is 0 Å². The lowest BCUT2D eigenvalue weighted by Gasteiger charge is -2.44. The first kappa shape index (κ1) is 29.6. The molecule has 4 heterocycles. The number of β-amino-alcohol motifs (C(OH)–C–C–N with tert-alkyl or cyclic N) is 1. The molecule has 4 saturated heterocycles. The standard InChI is InChI=1S/C27H51N7O5/c1-3-33(2)27-31-24(9-25(32-27)30-20-14-37-15-20)26(36)29-10-21(35)13-34-7-6-18-8-22(5-4-19(18)12-34)38-16-23-11-28-17-39-23/h18-25,27-28,30-32,35H,3-17H2,1-2H3,(H,29,36)/t18?,19?,21-,22?,23?,24?,25?,27?/m0/s1. The quantitative estimate of drug-likeness (QED) is 0.167. The summed E-state index contributed by atoms with van der Waals surface area (Å²) in [5, 5.41) is 27.5. The molecule has 0 radical (unpaired) electrons. The summed E-state index contributed by atoms with van der Waals surface area (Å²) in [6.07, 6.45) is 5.09. The number of carbonyl (C=O) groups excluding carboxylic acids is 1. The lowest BCUT2D eigenvalue weighted by molar-refractivity contribution is -0.126. The van der Waals surface area contributed by atoms with Gasteiger partial charge in [-0.25, -0.2) is 0 Å². The minimum atomic E-state index is -0.581. The van der Waals surface area contributed by atoms with Crippen LogP contribution < -0.4 is 26.6 Å². The summed E-state index contributed by atoms with van der Waals surface area (Å²) in [7, 11) is 2.03. The number of piperidine rings is 1. The Labute approximate surface area is 233 Å². The fraction of sp³-hybridized carbons (Fsp3) is 0.963. The van der Waals surface area contributed by atoms with E-state index in [9.17, 15) is 9.90 Å². The Balaban J connectivity index is 1.01. The van der Waals surface area contributed by atoms with E-state index in [1.807, 2.05) is 7.05 Å². The molecule has 1 saturated carbocycles. The third-order valence-electron chi connectivity index (χ3n) is 9.21. The largest absolute Gasteiger partial charge is 0.390 e. The van der Waals surface area contributed by atoms with Crippen LogP contribution in [0.5, 0.6) is 0 Å². The number of nitrogens with one attached hydrogen (secondary N) is 5. The number of carbonyl (C=O) groups is 1. The van der Waals surface area contributed by atoms with Gasteiger partial charge >= 0.3 is 0 Å². The van der Waals surface area contributed by atoms with Crippen LogP contribution in [0.25, 0.3) is 0 Å². The number of fused-ring (bicyclic) bond motifs is 1. The Morgan fingerprint density at radius 1 is 1.21 bits per heavy atom. The maximum absolute atomic E-state index is 13.1. The first-order valence-corrected chi connectivity index (χ1v) is 15.1. The Hall–Kier alpha value is -0.930. The van der Waals surface area contributed by atoms with E-state index in [0.29, 0.717) is 63.5 Å². The molecule has 0 bridgehead atoms. The first-order chi connectivity index (χ1) is 19.0. The maximum atomic E-state index is 13.1. The van der Waals surface area contributed by atoms with E-state index < -0.39 is 6.10 Å². The summed E-state index contributed by atoms with van der Waals surface area (Å²) in [4.78, 5) is 17.6. The number of aliphatic hydroxyl groups is 1. The van der Waals surface area contributed by atoms with Crippen molar-refractivity contribution < 1.29 is 24.1 Å². The van der Waals surface area contributed by atoms with E-state index in [1.54, 1.807) is 0 Å². The number of aliphatic hydroxyl groups excluding tert-OH is 1.